The van der Waals surface area contributed by atoms with Crippen LogP contribution in [0.2, 0.25) is 0 Å². The number of primary amides is 1. The topological polar surface area (TPSA) is 84.1 Å². The molecule has 0 radical (unpaired) electrons. The average Bonchev–Trinajstić information content (AvgIpc) is 3.53. The molecule has 6 nitrogen and oxygen atoms in total. The monoisotopic (exact) mass is 573 g/mol. The summed E-state index contributed by atoms with van der Waals surface area (Å²) in [6.07, 6.45) is 9.64. The summed E-state index contributed by atoms with van der Waals surface area (Å²) < 4.78 is 14.6. The number of anilines is 1. The Bertz CT molecular complexity index is 1410. The fourth-order valence-electron chi connectivity index (χ4n) is 5.55. The van der Waals surface area contributed by atoms with Crippen molar-refractivity contribution in [3.63, 3.8) is 0 Å². The zero-order valence-electron chi connectivity index (χ0n) is 23.5. The molecule has 1 amide bonds. The largest absolute Gasteiger partial charge is 0.372 e. The predicted molar refractivity (Wildman–Crippen MR) is 166 cm³/mol. The molecule has 41 heavy (non-hydrogen) atoms. The SMILES string of the molecule is C=C/C(F)=C(\C(Cl)=C/C)c1ccc(C2Cc3cnc(NCCCN4CCCC4)nc3-c3ccccc32)cc1.NC=O. The number of amides is 1. The third-order valence-corrected chi connectivity index (χ3v) is 7.93. The number of nitrogens with two attached hydrogens (primary N) is 1. The summed E-state index contributed by atoms with van der Waals surface area (Å²) in [5.41, 5.74) is 10.9. The maximum absolute atomic E-state index is 14.6. The summed E-state index contributed by atoms with van der Waals surface area (Å²) in [7, 11) is 0. The van der Waals surface area contributed by atoms with Gasteiger partial charge in [-0.2, -0.15) is 0 Å². The molecule has 1 aliphatic heterocycles. The van der Waals surface area contributed by atoms with Gasteiger partial charge in [0.05, 0.1) is 5.69 Å². The Morgan fingerprint density at radius 2 is 1.90 bits per heavy atom. The van der Waals surface area contributed by atoms with Gasteiger partial charge in [-0.15, -0.1) is 0 Å². The van der Waals surface area contributed by atoms with Crippen LogP contribution >= 0.6 is 11.6 Å². The lowest BCUT2D eigenvalue weighted by atomic mass is 9.77. The number of carbonyl (C=O) groups excluding carboxylic acids is 1. The molecule has 8 heteroatoms. The number of rotatable bonds is 9. The van der Waals surface area contributed by atoms with Gasteiger partial charge in [0.15, 0.2) is 0 Å². The third kappa shape index (κ3) is 7.29. The molecule has 1 aromatic heterocycles. The lowest BCUT2D eigenvalue weighted by Gasteiger charge is -2.28. The first-order chi connectivity index (χ1) is 20.0. The molecule has 1 unspecified atom stereocenters. The van der Waals surface area contributed by atoms with E-state index in [2.05, 4.69) is 63.9 Å². The van der Waals surface area contributed by atoms with Gasteiger partial charge < -0.3 is 16.0 Å². The molecule has 1 atom stereocenters. The summed E-state index contributed by atoms with van der Waals surface area (Å²) in [6, 6.07) is 16.5. The van der Waals surface area contributed by atoms with Crippen molar-refractivity contribution in [2.75, 3.05) is 31.5 Å². The van der Waals surface area contributed by atoms with E-state index in [-0.39, 0.29) is 12.3 Å². The molecule has 3 aromatic rings. The fraction of sp³-hybridized carbons (Fsp3) is 0.303. The molecule has 5 rings (SSSR count). The van der Waals surface area contributed by atoms with Crippen LogP contribution in [0, 0.1) is 0 Å². The molecular formula is C33H37ClFN5O. The van der Waals surface area contributed by atoms with E-state index in [0.29, 0.717) is 16.6 Å². The molecule has 0 spiro atoms. The number of carbonyl (C=O) groups is 1. The molecule has 2 heterocycles. The molecule has 0 saturated carbocycles. The number of likely N-dealkylation sites (tertiary alicyclic amines) is 1. The number of halogens is 2. The highest BCUT2D eigenvalue weighted by molar-refractivity contribution is 6.37. The first-order valence-corrected chi connectivity index (χ1v) is 14.4. The van der Waals surface area contributed by atoms with Gasteiger partial charge in [-0.05, 0) is 80.6 Å². The van der Waals surface area contributed by atoms with E-state index in [9.17, 15) is 4.39 Å². The first-order valence-electron chi connectivity index (χ1n) is 14.0. The van der Waals surface area contributed by atoms with Crippen LogP contribution in [0.4, 0.5) is 10.3 Å². The van der Waals surface area contributed by atoms with Gasteiger partial charge in [0.25, 0.3) is 0 Å². The van der Waals surface area contributed by atoms with Crippen molar-refractivity contribution < 1.29 is 9.18 Å². The van der Waals surface area contributed by atoms with E-state index in [1.807, 2.05) is 18.3 Å². The number of hydrogen-bond acceptors (Lipinski definition) is 5. The second-order valence-electron chi connectivity index (χ2n) is 10.1. The Morgan fingerprint density at radius 1 is 1.20 bits per heavy atom. The highest BCUT2D eigenvalue weighted by atomic mass is 35.5. The molecule has 1 saturated heterocycles. The molecule has 0 bridgehead atoms. The standard InChI is InChI=1S/C32H34ClFN4.CH3NO/c1-3-28(33)30(29(34)4-2)23-14-12-22(13-15-23)27-20-24-21-36-32(35-16-9-19-38-17-7-8-18-38)37-31(24)26-11-6-5-10-25(26)27;2-1-3/h3-6,10-15,21,27H,2,7-9,16-20H2,1H3,(H,35,36,37);1H,(H2,2,3)/b28-3+,30-29+;. The molecule has 2 aromatic carbocycles. The van der Waals surface area contributed by atoms with Crippen LogP contribution in [0.1, 0.15) is 54.4 Å². The van der Waals surface area contributed by atoms with Gasteiger partial charge in [0.2, 0.25) is 12.4 Å². The quantitative estimate of drug-likeness (QED) is 0.166. The van der Waals surface area contributed by atoms with Crippen molar-refractivity contribution >= 4 is 29.5 Å². The minimum absolute atomic E-state index is 0.157. The van der Waals surface area contributed by atoms with Gasteiger partial charge in [-0.3, -0.25) is 4.79 Å². The summed E-state index contributed by atoms with van der Waals surface area (Å²) in [4.78, 5) is 20.7. The summed E-state index contributed by atoms with van der Waals surface area (Å²) >= 11 is 6.33. The van der Waals surface area contributed by atoms with Crippen LogP contribution in [-0.2, 0) is 11.2 Å². The third-order valence-electron chi connectivity index (χ3n) is 7.52. The molecular weight excluding hydrogens is 537 g/mol. The van der Waals surface area contributed by atoms with Crippen LogP contribution in [0.3, 0.4) is 0 Å². The van der Waals surface area contributed by atoms with Gasteiger partial charge >= 0.3 is 0 Å². The van der Waals surface area contributed by atoms with Crippen molar-refractivity contribution in [1.82, 2.24) is 14.9 Å². The van der Waals surface area contributed by atoms with Crippen LogP contribution in [0.5, 0.6) is 0 Å². The number of hydrogen-bond donors (Lipinski definition) is 2. The van der Waals surface area contributed by atoms with Crippen molar-refractivity contribution in [3.05, 3.63) is 107 Å². The van der Waals surface area contributed by atoms with E-state index < -0.39 is 5.83 Å². The Morgan fingerprint density at radius 3 is 2.59 bits per heavy atom. The summed E-state index contributed by atoms with van der Waals surface area (Å²) in [6.45, 7) is 9.80. The van der Waals surface area contributed by atoms with E-state index in [4.69, 9.17) is 21.4 Å². The second-order valence-corrected chi connectivity index (χ2v) is 10.5. The number of nitrogens with zero attached hydrogens (tertiary/aromatic N) is 3. The Balaban J connectivity index is 0.00000124. The fourth-order valence-corrected chi connectivity index (χ4v) is 5.75. The van der Waals surface area contributed by atoms with Gasteiger partial charge in [0.1, 0.15) is 5.83 Å². The van der Waals surface area contributed by atoms with Crippen molar-refractivity contribution in [2.45, 2.75) is 38.5 Å². The van der Waals surface area contributed by atoms with Crippen LogP contribution in [-0.4, -0.2) is 47.5 Å². The minimum Gasteiger partial charge on any atom is -0.372 e. The normalized spacial score (nSPS) is 17.0. The van der Waals surface area contributed by atoms with Crippen LogP contribution < -0.4 is 11.1 Å². The molecule has 1 fully saturated rings. The van der Waals surface area contributed by atoms with Crippen LogP contribution in [0.25, 0.3) is 16.8 Å². The van der Waals surface area contributed by atoms with Gasteiger partial charge in [0, 0.05) is 34.8 Å². The second kappa shape index (κ2) is 14.7. The van der Waals surface area contributed by atoms with Gasteiger partial charge in [-0.1, -0.05) is 72.8 Å². The Labute approximate surface area is 246 Å². The van der Waals surface area contributed by atoms with E-state index in [0.717, 1.165) is 53.9 Å². The highest BCUT2D eigenvalue weighted by Crippen LogP contribution is 2.42. The Hall–Kier alpha value is -3.81. The molecule has 1 aliphatic carbocycles. The minimum atomic E-state index is -0.435. The van der Waals surface area contributed by atoms with E-state index in [1.165, 1.54) is 37.6 Å². The van der Waals surface area contributed by atoms with Crippen molar-refractivity contribution in [2.24, 2.45) is 5.73 Å². The number of nitrogens with one attached hydrogen (secondary N) is 1. The molecule has 2 aliphatic rings. The lowest BCUT2D eigenvalue weighted by molar-refractivity contribution is -0.106. The summed E-state index contributed by atoms with van der Waals surface area (Å²) in [5, 5.41) is 3.80. The maximum Gasteiger partial charge on any atom is 0.223 e. The Kier molecular flexibility index (Phi) is 10.8. The van der Waals surface area contributed by atoms with Crippen molar-refractivity contribution in [3.8, 4) is 11.3 Å². The number of allylic oxidation sites excluding steroid dienone is 5. The molecule has 3 N–H and O–H groups in total. The smallest absolute Gasteiger partial charge is 0.223 e. The van der Waals surface area contributed by atoms with E-state index in [1.54, 1.807) is 13.0 Å². The highest BCUT2D eigenvalue weighted by Gasteiger charge is 2.27. The number of fused-ring (bicyclic) bond motifs is 3. The molecule has 214 valence electrons. The lowest BCUT2D eigenvalue weighted by Crippen LogP contribution is -2.22. The van der Waals surface area contributed by atoms with Crippen LogP contribution in [0.15, 0.2) is 84.3 Å². The first kappa shape index (κ1) is 30.2. The zero-order chi connectivity index (χ0) is 29.2. The average molecular weight is 574 g/mol. The van der Waals surface area contributed by atoms with Gasteiger partial charge in [-0.25, -0.2) is 14.4 Å². The number of benzene rings is 2. The number of aromatic nitrogens is 2. The predicted octanol–water partition coefficient (Wildman–Crippen LogP) is 6.84. The van der Waals surface area contributed by atoms with Crippen molar-refractivity contribution in [1.29, 1.82) is 0 Å². The summed E-state index contributed by atoms with van der Waals surface area (Å²) in [5.74, 6) is 0.409. The van der Waals surface area contributed by atoms with E-state index >= 15 is 0 Å². The zero-order valence-corrected chi connectivity index (χ0v) is 24.2. The maximum atomic E-state index is 14.6.